The van der Waals surface area contributed by atoms with Crippen molar-refractivity contribution in [1.29, 1.82) is 0 Å². The van der Waals surface area contributed by atoms with Crippen molar-refractivity contribution in [2.24, 2.45) is 0 Å². The van der Waals surface area contributed by atoms with Crippen LogP contribution in [0.2, 0.25) is 0 Å². The lowest BCUT2D eigenvalue weighted by Gasteiger charge is -2.19. The van der Waals surface area contributed by atoms with Gasteiger partial charge >= 0.3 is 0 Å². The minimum absolute atomic E-state index is 0.877. The molecule has 3 rings (SSSR count). The van der Waals surface area contributed by atoms with Crippen molar-refractivity contribution in [3.8, 4) is 5.75 Å². The van der Waals surface area contributed by atoms with E-state index in [-0.39, 0.29) is 0 Å². The molecule has 0 radical (unpaired) electrons. The van der Waals surface area contributed by atoms with E-state index in [0.717, 1.165) is 34.7 Å². The first kappa shape index (κ1) is 13.8. The van der Waals surface area contributed by atoms with Gasteiger partial charge in [0.15, 0.2) is 0 Å². The number of aromatic nitrogens is 2. The molecule has 0 unspecified atom stereocenters. The Morgan fingerprint density at radius 1 is 1.19 bits per heavy atom. The van der Waals surface area contributed by atoms with Gasteiger partial charge in [0.25, 0.3) is 0 Å². The third-order valence-electron chi connectivity index (χ3n) is 3.51. The molecular weight excluding hydrogens is 282 g/mol. The Labute approximate surface area is 128 Å². The number of para-hydroxylation sites is 1. The zero-order valence-electron chi connectivity index (χ0n) is 12.1. The molecule has 108 valence electrons. The molecule has 4 nitrogen and oxygen atoms in total. The summed E-state index contributed by atoms with van der Waals surface area (Å²) in [6.07, 6.45) is 2.55. The first-order chi connectivity index (χ1) is 10.3. The van der Waals surface area contributed by atoms with E-state index in [0.29, 0.717) is 0 Å². The van der Waals surface area contributed by atoms with Crippen LogP contribution < -0.4 is 9.64 Å². The maximum Gasteiger partial charge on any atom is 0.140 e. The Kier molecular flexibility index (Phi) is 4.01. The molecule has 5 heteroatoms. The van der Waals surface area contributed by atoms with Crippen LogP contribution in [0.3, 0.4) is 0 Å². The van der Waals surface area contributed by atoms with E-state index in [9.17, 15) is 0 Å². The van der Waals surface area contributed by atoms with E-state index in [2.05, 4.69) is 39.4 Å². The molecule has 0 saturated carbocycles. The van der Waals surface area contributed by atoms with Crippen molar-refractivity contribution in [3.05, 3.63) is 47.6 Å². The van der Waals surface area contributed by atoms with Crippen LogP contribution in [0.15, 0.2) is 42.0 Å². The smallest absolute Gasteiger partial charge is 0.140 e. The molecule has 0 N–H and O–H groups in total. The van der Waals surface area contributed by atoms with Crippen LogP contribution in [-0.4, -0.2) is 30.7 Å². The summed E-state index contributed by atoms with van der Waals surface area (Å²) in [5, 5.41) is 3.17. The maximum atomic E-state index is 5.40. The maximum absolute atomic E-state index is 5.40. The monoisotopic (exact) mass is 299 g/mol. The van der Waals surface area contributed by atoms with E-state index in [1.807, 2.05) is 18.2 Å². The fourth-order valence-electron chi connectivity index (χ4n) is 2.38. The first-order valence-corrected chi connectivity index (χ1v) is 7.69. The number of anilines is 1. The number of fused-ring (bicyclic) bond motifs is 1. The molecule has 0 amide bonds. The van der Waals surface area contributed by atoms with E-state index in [1.165, 1.54) is 5.56 Å². The Morgan fingerprint density at radius 3 is 2.90 bits per heavy atom. The van der Waals surface area contributed by atoms with Crippen LogP contribution in [-0.2, 0) is 6.42 Å². The second-order valence-corrected chi connectivity index (χ2v) is 5.71. The average Bonchev–Trinajstić information content (AvgIpc) is 3.01. The lowest BCUT2D eigenvalue weighted by molar-refractivity contribution is 0.409. The Balaban J connectivity index is 1.77. The van der Waals surface area contributed by atoms with Gasteiger partial charge in [0.1, 0.15) is 22.7 Å². The SMILES string of the molecule is COc1ccccc1CCN(C)c1ncnc2sccc12. The molecule has 2 heterocycles. The van der Waals surface area contributed by atoms with Crippen molar-refractivity contribution in [2.75, 3.05) is 25.6 Å². The molecule has 2 aromatic heterocycles. The van der Waals surface area contributed by atoms with Gasteiger partial charge in [-0.05, 0) is 29.5 Å². The topological polar surface area (TPSA) is 38.2 Å². The molecule has 3 aromatic rings. The van der Waals surface area contributed by atoms with E-state index in [4.69, 9.17) is 4.74 Å². The van der Waals surface area contributed by atoms with E-state index in [1.54, 1.807) is 24.8 Å². The summed E-state index contributed by atoms with van der Waals surface area (Å²) in [6.45, 7) is 0.877. The highest BCUT2D eigenvalue weighted by Crippen LogP contribution is 2.26. The van der Waals surface area contributed by atoms with Crippen molar-refractivity contribution in [1.82, 2.24) is 9.97 Å². The van der Waals surface area contributed by atoms with Crippen molar-refractivity contribution >= 4 is 27.4 Å². The molecule has 0 saturated heterocycles. The van der Waals surface area contributed by atoms with E-state index >= 15 is 0 Å². The van der Waals surface area contributed by atoms with Gasteiger partial charge in [-0.1, -0.05) is 18.2 Å². The van der Waals surface area contributed by atoms with Gasteiger partial charge < -0.3 is 9.64 Å². The van der Waals surface area contributed by atoms with Gasteiger partial charge in [0.05, 0.1) is 12.5 Å². The highest BCUT2D eigenvalue weighted by Gasteiger charge is 2.10. The van der Waals surface area contributed by atoms with Crippen molar-refractivity contribution in [3.63, 3.8) is 0 Å². The number of thiophene rings is 1. The third-order valence-corrected chi connectivity index (χ3v) is 4.33. The normalized spacial score (nSPS) is 10.8. The van der Waals surface area contributed by atoms with Crippen LogP contribution in [0, 0.1) is 0 Å². The highest BCUT2D eigenvalue weighted by molar-refractivity contribution is 7.16. The quantitative estimate of drug-likeness (QED) is 0.724. The summed E-state index contributed by atoms with van der Waals surface area (Å²) in [7, 11) is 3.77. The number of methoxy groups -OCH3 is 1. The van der Waals surface area contributed by atoms with Crippen LogP contribution in [0.4, 0.5) is 5.82 Å². The Hall–Kier alpha value is -2.14. The van der Waals surface area contributed by atoms with Gasteiger partial charge in [-0.25, -0.2) is 9.97 Å². The lowest BCUT2D eigenvalue weighted by Crippen LogP contribution is -2.21. The number of hydrogen-bond acceptors (Lipinski definition) is 5. The number of ether oxygens (including phenoxy) is 1. The van der Waals surface area contributed by atoms with Gasteiger partial charge in [-0.3, -0.25) is 0 Å². The predicted molar refractivity (Wildman–Crippen MR) is 87.4 cm³/mol. The molecule has 0 spiro atoms. The average molecular weight is 299 g/mol. The Bertz CT molecular complexity index is 741. The van der Waals surface area contributed by atoms with Crippen molar-refractivity contribution in [2.45, 2.75) is 6.42 Å². The molecule has 21 heavy (non-hydrogen) atoms. The summed E-state index contributed by atoms with van der Waals surface area (Å²) in [5.74, 6) is 1.92. The van der Waals surface area contributed by atoms with Gasteiger partial charge in [-0.15, -0.1) is 11.3 Å². The number of rotatable bonds is 5. The van der Waals surface area contributed by atoms with Gasteiger partial charge in [0, 0.05) is 13.6 Å². The molecular formula is C16H17N3OS. The first-order valence-electron chi connectivity index (χ1n) is 6.81. The fraction of sp³-hybridized carbons (Fsp3) is 0.250. The molecule has 0 fully saturated rings. The van der Waals surface area contributed by atoms with Crippen LogP contribution in [0.25, 0.3) is 10.2 Å². The number of benzene rings is 1. The molecule has 0 bridgehead atoms. The second-order valence-electron chi connectivity index (χ2n) is 4.82. The summed E-state index contributed by atoms with van der Waals surface area (Å²) >= 11 is 1.64. The summed E-state index contributed by atoms with van der Waals surface area (Å²) < 4.78 is 5.40. The highest BCUT2D eigenvalue weighted by atomic mass is 32.1. The fourth-order valence-corrected chi connectivity index (χ4v) is 3.11. The molecule has 0 aliphatic rings. The third kappa shape index (κ3) is 2.83. The summed E-state index contributed by atoms with van der Waals surface area (Å²) in [4.78, 5) is 11.9. The van der Waals surface area contributed by atoms with Crippen LogP contribution in [0.5, 0.6) is 5.75 Å². The Morgan fingerprint density at radius 2 is 2.05 bits per heavy atom. The van der Waals surface area contributed by atoms with Gasteiger partial charge in [-0.2, -0.15) is 0 Å². The predicted octanol–water partition coefficient (Wildman–Crippen LogP) is 3.38. The van der Waals surface area contributed by atoms with Gasteiger partial charge in [0.2, 0.25) is 0 Å². The molecule has 0 atom stereocenters. The molecule has 0 aliphatic heterocycles. The van der Waals surface area contributed by atoms with Crippen molar-refractivity contribution < 1.29 is 4.74 Å². The largest absolute Gasteiger partial charge is 0.496 e. The van der Waals surface area contributed by atoms with Crippen LogP contribution in [0.1, 0.15) is 5.56 Å². The van der Waals surface area contributed by atoms with E-state index < -0.39 is 0 Å². The second kappa shape index (κ2) is 6.10. The summed E-state index contributed by atoms with van der Waals surface area (Å²) in [6, 6.07) is 10.2. The zero-order valence-corrected chi connectivity index (χ0v) is 12.9. The number of likely N-dealkylation sites (N-methyl/N-ethyl adjacent to an activating group) is 1. The molecule has 1 aromatic carbocycles. The molecule has 0 aliphatic carbocycles. The zero-order chi connectivity index (χ0) is 14.7. The minimum atomic E-state index is 0.877. The number of nitrogens with zero attached hydrogens (tertiary/aromatic N) is 3. The summed E-state index contributed by atoms with van der Waals surface area (Å²) in [5.41, 5.74) is 1.21. The standard InChI is InChI=1S/C16H17N3OS/c1-19(9-7-12-5-3-4-6-14(12)20-2)15-13-8-10-21-16(13)18-11-17-15/h3-6,8,10-11H,7,9H2,1-2H3. The minimum Gasteiger partial charge on any atom is -0.496 e. The lowest BCUT2D eigenvalue weighted by atomic mass is 10.1. The number of hydrogen-bond donors (Lipinski definition) is 0. The van der Waals surface area contributed by atoms with Crippen LogP contribution >= 0.6 is 11.3 Å².